The molecule has 3 N–H and O–H groups in total. The minimum atomic E-state index is 0.327. The van der Waals surface area contributed by atoms with Crippen LogP contribution in [0.2, 0.25) is 0 Å². The summed E-state index contributed by atoms with van der Waals surface area (Å²) in [5, 5.41) is 3.41. The Morgan fingerprint density at radius 2 is 2.00 bits per heavy atom. The van der Waals surface area contributed by atoms with E-state index >= 15 is 0 Å². The van der Waals surface area contributed by atoms with Gasteiger partial charge < -0.3 is 11.1 Å². The van der Waals surface area contributed by atoms with Gasteiger partial charge in [-0.1, -0.05) is 35.3 Å². The highest BCUT2D eigenvalue weighted by atomic mass is 79.9. The van der Waals surface area contributed by atoms with E-state index in [1.165, 1.54) is 11.1 Å². The van der Waals surface area contributed by atoms with Gasteiger partial charge in [-0.2, -0.15) is 4.98 Å². The number of nitrogens with one attached hydrogen (secondary N) is 1. The third-order valence-corrected chi connectivity index (χ3v) is 4.22. The monoisotopic (exact) mass is 362 g/mol. The summed E-state index contributed by atoms with van der Waals surface area (Å²) in [7, 11) is 0. The van der Waals surface area contributed by atoms with Crippen molar-refractivity contribution in [1.29, 1.82) is 0 Å². The molecular formula is C17H23BrN4. The highest BCUT2D eigenvalue weighted by Crippen LogP contribution is 2.24. The summed E-state index contributed by atoms with van der Waals surface area (Å²) < 4.78 is 1.10. The number of anilines is 2. The summed E-state index contributed by atoms with van der Waals surface area (Å²) in [5.41, 5.74) is 10.4. The first-order valence-corrected chi connectivity index (χ1v) is 8.42. The van der Waals surface area contributed by atoms with Crippen molar-refractivity contribution in [3.05, 3.63) is 45.1 Å². The maximum atomic E-state index is 5.81. The van der Waals surface area contributed by atoms with Gasteiger partial charge in [0.25, 0.3) is 0 Å². The zero-order valence-electron chi connectivity index (χ0n) is 13.4. The molecule has 5 heteroatoms. The maximum Gasteiger partial charge on any atom is 0.222 e. The first-order chi connectivity index (χ1) is 10.5. The van der Waals surface area contributed by atoms with Gasteiger partial charge in [0, 0.05) is 28.7 Å². The molecule has 0 spiro atoms. The molecule has 22 heavy (non-hydrogen) atoms. The second kappa shape index (κ2) is 7.58. The van der Waals surface area contributed by atoms with E-state index in [2.05, 4.69) is 63.3 Å². The van der Waals surface area contributed by atoms with Gasteiger partial charge in [-0.25, -0.2) is 4.98 Å². The summed E-state index contributed by atoms with van der Waals surface area (Å²) >= 11 is 3.51. The van der Waals surface area contributed by atoms with Crippen LogP contribution in [0.5, 0.6) is 0 Å². The Kier molecular flexibility index (Phi) is 5.77. The second-order valence-corrected chi connectivity index (χ2v) is 6.44. The topological polar surface area (TPSA) is 63.8 Å². The van der Waals surface area contributed by atoms with E-state index in [1.54, 1.807) is 0 Å². The normalized spacial score (nSPS) is 10.7. The fourth-order valence-electron chi connectivity index (χ4n) is 2.41. The molecule has 0 saturated carbocycles. The maximum absolute atomic E-state index is 5.81. The number of halogens is 1. The number of unbranched alkanes of at least 4 members (excludes halogenated alkanes) is 1. The van der Waals surface area contributed by atoms with Gasteiger partial charge in [0.05, 0.1) is 0 Å². The predicted molar refractivity (Wildman–Crippen MR) is 96.3 cm³/mol. The summed E-state index contributed by atoms with van der Waals surface area (Å²) in [4.78, 5) is 8.72. The SMILES string of the molecule is CCCCNc1nc(N)nc(C)c1Cc1ccc(Br)cc1C. The highest BCUT2D eigenvalue weighted by molar-refractivity contribution is 9.10. The standard InChI is InChI=1S/C17H23BrN4/c1-4-5-8-20-16-15(12(3)21-17(19)22-16)10-13-6-7-14(18)9-11(13)2/h6-7,9H,4-5,8,10H2,1-3H3,(H3,19,20,21,22). The van der Waals surface area contributed by atoms with E-state index in [-0.39, 0.29) is 0 Å². The Hall–Kier alpha value is -1.62. The van der Waals surface area contributed by atoms with Gasteiger partial charge in [-0.05, 0) is 43.5 Å². The highest BCUT2D eigenvalue weighted by Gasteiger charge is 2.12. The lowest BCUT2D eigenvalue weighted by atomic mass is 10.00. The molecule has 1 heterocycles. The second-order valence-electron chi connectivity index (χ2n) is 5.52. The van der Waals surface area contributed by atoms with Gasteiger partial charge in [0.1, 0.15) is 5.82 Å². The van der Waals surface area contributed by atoms with Crippen LogP contribution in [0.4, 0.5) is 11.8 Å². The summed E-state index contributed by atoms with van der Waals surface area (Å²) in [5.74, 6) is 1.19. The smallest absolute Gasteiger partial charge is 0.222 e. The molecule has 2 rings (SSSR count). The van der Waals surface area contributed by atoms with Crippen LogP contribution in [-0.4, -0.2) is 16.5 Å². The van der Waals surface area contributed by atoms with Crippen LogP contribution >= 0.6 is 15.9 Å². The van der Waals surface area contributed by atoms with E-state index in [4.69, 9.17) is 5.73 Å². The lowest BCUT2D eigenvalue weighted by Crippen LogP contribution is -2.11. The van der Waals surface area contributed by atoms with E-state index in [9.17, 15) is 0 Å². The van der Waals surface area contributed by atoms with Crippen LogP contribution in [0, 0.1) is 13.8 Å². The molecule has 0 aliphatic rings. The molecule has 0 bridgehead atoms. The molecule has 0 unspecified atom stereocenters. The molecule has 2 aromatic rings. The fraction of sp³-hybridized carbons (Fsp3) is 0.412. The molecule has 0 aliphatic carbocycles. The Balaban J connectivity index is 2.32. The fourth-order valence-corrected chi connectivity index (χ4v) is 2.88. The minimum absolute atomic E-state index is 0.327. The average Bonchev–Trinajstić information content (AvgIpc) is 2.44. The predicted octanol–water partition coefficient (Wildman–Crippen LogP) is 4.24. The van der Waals surface area contributed by atoms with Crippen LogP contribution in [0.1, 0.15) is 42.1 Å². The van der Waals surface area contributed by atoms with Gasteiger partial charge in [-0.3, -0.25) is 0 Å². The van der Waals surface area contributed by atoms with Gasteiger partial charge in [0.15, 0.2) is 0 Å². The van der Waals surface area contributed by atoms with E-state index < -0.39 is 0 Å². The molecule has 1 aromatic heterocycles. The zero-order chi connectivity index (χ0) is 16.1. The molecule has 0 aliphatic heterocycles. The lowest BCUT2D eigenvalue weighted by molar-refractivity contribution is 0.827. The zero-order valence-corrected chi connectivity index (χ0v) is 15.0. The van der Waals surface area contributed by atoms with Crippen molar-refractivity contribution in [2.75, 3.05) is 17.6 Å². The van der Waals surface area contributed by atoms with Crippen molar-refractivity contribution in [3.63, 3.8) is 0 Å². The average molecular weight is 363 g/mol. The molecular weight excluding hydrogens is 340 g/mol. The number of nitrogens with two attached hydrogens (primary N) is 1. The van der Waals surface area contributed by atoms with Crippen molar-refractivity contribution < 1.29 is 0 Å². The number of aromatic nitrogens is 2. The largest absolute Gasteiger partial charge is 0.370 e. The van der Waals surface area contributed by atoms with E-state index in [0.717, 1.165) is 47.4 Å². The number of nitrogens with zero attached hydrogens (tertiary/aromatic N) is 2. The Morgan fingerprint density at radius 1 is 1.23 bits per heavy atom. The van der Waals surface area contributed by atoms with Crippen molar-refractivity contribution in [2.45, 2.75) is 40.0 Å². The summed E-state index contributed by atoms with van der Waals surface area (Å²) in [6.45, 7) is 7.19. The third kappa shape index (κ3) is 4.19. The van der Waals surface area contributed by atoms with Crippen molar-refractivity contribution in [1.82, 2.24) is 9.97 Å². The quantitative estimate of drug-likeness (QED) is 0.754. The number of benzene rings is 1. The lowest BCUT2D eigenvalue weighted by Gasteiger charge is -2.15. The number of rotatable bonds is 6. The van der Waals surface area contributed by atoms with Crippen LogP contribution in [-0.2, 0) is 6.42 Å². The van der Waals surface area contributed by atoms with Crippen molar-refractivity contribution in [3.8, 4) is 0 Å². The molecule has 1 aromatic carbocycles. The Morgan fingerprint density at radius 3 is 2.68 bits per heavy atom. The van der Waals surface area contributed by atoms with Crippen LogP contribution in [0.3, 0.4) is 0 Å². The molecule has 0 atom stereocenters. The van der Waals surface area contributed by atoms with E-state index in [0.29, 0.717) is 5.95 Å². The summed E-state index contributed by atoms with van der Waals surface area (Å²) in [6, 6.07) is 6.35. The van der Waals surface area contributed by atoms with Gasteiger partial charge in [0.2, 0.25) is 5.95 Å². The van der Waals surface area contributed by atoms with Crippen molar-refractivity contribution >= 4 is 27.7 Å². The molecule has 0 fully saturated rings. The molecule has 0 saturated heterocycles. The van der Waals surface area contributed by atoms with Gasteiger partial charge in [-0.15, -0.1) is 0 Å². The number of hydrogen-bond donors (Lipinski definition) is 2. The number of nitrogen functional groups attached to an aromatic ring is 1. The summed E-state index contributed by atoms with van der Waals surface area (Å²) in [6.07, 6.45) is 3.06. The Labute approximate surface area is 140 Å². The third-order valence-electron chi connectivity index (χ3n) is 3.73. The first kappa shape index (κ1) is 16.7. The number of aryl methyl sites for hydroxylation is 2. The molecule has 0 amide bonds. The minimum Gasteiger partial charge on any atom is -0.370 e. The molecule has 118 valence electrons. The van der Waals surface area contributed by atoms with Crippen LogP contribution < -0.4 is 11.1 Å². The van der Waals surface area contributed by atoms with Gasteiger partial charge >= 0.3 is 0 Å². The Bertz CT molecular complexity index is 655. The van der Waals surface area contributed by atoms with Crippen molar-refractivity contribution in [2.24, 2.45) is 0 Å². The molecule has 4 nitrogen and oxygen atoms in total. The van der Waals surface area contributed by atoms with E-state index in [1.807, 2.05) is 6.92 Å². The number of hydrogen-bond acceptors (Lipinski definition) is 4. The molecule has 0 radical (unpaired) electrons. The van der Waals surface area contributed by atoms with Crippen LogP contribution in [0.15, 0.2) is 22.7 Å². The first-order valence-electron chi connectivity index (χ1n) is 7.63. The van der Waals surface area contributed by atoms with Crippen LogP contribution in [0.25, 0.3) is 0 Å².